The summed E-state index contributed by atoms with van der Waals surface area (Å²) < 4.78 is 13.4. The van der Waals surface area contributed by atoms with Crippen LogP contribution in [0.3, 0.4) is 0 Å². The van der Waals surface area contributed by atoms with E-state index in [0.29, 0.717) is 25.5 Å². The minimum Gasteiger partial charge on any atom is -0.491 e. The van der Waals surface area contributed by atoms with Gasteiger partial charge in [-0.15, -0.1) is 0 Å². The number of carbonyl (C=O) groups is 1. The van der Waals surface area contributed by atoms with Gasteiger partial charge >= 0.3 is 0 Å². The van der Waals surface area contributed by atoms with Crippen LogP contribution >= 0.6 is 0 Å². The molecule has 0 N–H and O–H groups in total. The zero-order chi connectivity index (χ0) is 17.2. The van der Waals surface area contributed by atoms with Crippen molar-refractivity contribution < 1.29 is 14.3 Å². The molecule has 0 bridgehead atoms. The van der Waals surface area contributed by atoms with Gasteiger partial charge in [-0.1, -0.05) is 12.1 Å². The number of ether oxygens (including phenoxy) is 2. The molecule has 1 aromatic carbocycles. The summed E-state index contributed by atoms with van der Waals surface area (Å²) in [6.07, 6.45) is 4.15. The topological polar surface area (TPSA) is 56.6 Å². The first kappa shape index (κ1) is 16.5. The van der Waals surface area contributed by atoms with Crippen LogP contribution in [-0.2, 0) is 11.8 Å². The SMILES string of the molecule is COC1(COc2cccc(C)c2)CCN(C(=O)c2nccn2C)C1. The summed E-state index contributed by atoms with van der Waals surface area (Å²) in [5, 5.41) is 0. The van der Waals surface area contributed by atoms with Gasteiger partial charge in [0.1, 0.15) is 18.0 Å². The first-order valence-electron chi connectivity index (χ1n) is 8.04. The van der Waals surface area contributed by atoms with Gasteiger partial charge in [-0.3, -0.25) is 4.79 Å². The largest absolute Gasteiger partial charge is 0.491 e. The zero-order valence-corrected chi connectivity index (χ0v) is 14.4. The van der Waals surface area contributed by atoms with Crippen LogP contribution < -0.4 is 4.74 Å². The molecular formula is C18H23N3O3. The third-order valence-corrected chi connectivity index (χ3v) is 4.54. The van der Waals surface area contributed by atoms with E-state index in [1.54, 1.807) is 29.0 Å². The van der Waals surface area contributed by atoms with Crippen molar-refractivity contribution in [3.8, 4) is 5.75 Å². The minimum atomic E-state index is -0.482. The molecule has 0 saturated carbocycles. The third kappa shape index (κ3) is 3.28. The van der Waals surface area contributed by atoms with Crippen molar-refractivity contribution in [1.29, 1.82) is 0 Å². The van der Waals surface area contributed by atoms with Crippen molar-refractivity contribution in [2.24, 2.45) is 7.05 Å². The zero-order valence-electron chi connectivity index (χ0n) is 14.4. The number of nitrogens with zero attached hydrogens (tertiary/aromatic N) is 3. The number of hydrogen-bond acceptors (Lipinski definition) is 4. The summed E-state index contributed by atoms with van der Waals surface area (Å²) in [6.45, 7) is 3.58. The molecule has 128 valence electrons. The number of aryl methyl sites for hydroxylation is 2. The van der Waals surface area contributed by atoms with E-state index in [1.807, 2.05) is 38.2 Å². The molecule has 1 saturated heterocycles. The summed E-state index contributed by atoms with van der Waals surface area (Å²) in [6, 6.07) is 7.93. The summed E-state index contributed by atoms with van der Waals surface area (Å²) >= 11 is 0. The Hall–Kier alpha value is -2.34. The van der Waals surface area contributed by atoms with Gasteiger partial charge in [0.15, 0.2) is 5.82 Å². The lowest BCUT2D eigenvalue weighted by Gasteiger charge is -2.27. The van der Waals surface area contributed by atoms with Gasteiger partial charge in [-0.05, 0) is 31.0 Å². The summed E-state index contributed by atoms with van der Waals surface area (Å²) in [5.41, 5.74) is 0.668. The molecule has 1 fully saturated rings. The fourth-order valence-corrected chi connectivity index (χ4v) is 2.99. The van der Waals surface area contributed by atoms with Crippen molar-refractivity contribution in [3.63, 3.8) is 0 Å². The van der Waals surface area contributed by atoms with Crippen LogP contribution in [0, 0.1) is 6.92 Å². The molecule has 6 heteroatoms. The summed E-state index contributed by atoms with van der Waals surface area (Å²) in [5.74, 6) is 1.19. The fraction of sp³-hybridized carbons (Fsp3) is 0.444. The Kier molecular flexibility index (Phi) is 4.57. The quantitative estimate of drug-likeness (QED) is 0.842. The highest BCUT2D eigenvalue weighted by molar-refractivity contribution is 5.91. The van der Waals surface area contributed by atoms with Crippen LogP contribution in [0.25, 0.3) is 0 Å². The number of amides is 1. The predicted octanol–water partition coefficient (Wildman–Crippen LogP) is 2.04. The van der Waals surface area contributed by atoms with Gasteiger partial charge in [0.05, 0.1) is 6.54 Å². The van der Waals surface area contributed by atoms with Crippen molar-refractivity contribution in [1.82, 2.24) is 14.5 Å². The Bertz CT molecular complexity index is 728. The second-order valence-electron chi connectivity index (χ2n) is 6.33. The molecule has 1 aliphatic heterocycles. The maximum atomic E-state index is 12.6. The summed E-state index contributed by atoms with van der Waals surface area (Å²) in [7, 11) is 3.50. The number of aromatic nitrogens is 2. The molecule has 1 amide bonds. The molecule has 1 aliphatic rings. The highest BCUT2D eigenvalue weighted by Crippen LogP contribution is 2.27. The molecule has 2 aromatic rings. The van der Waals surface area contributed by atoms with E-state index in [-0.39, 0.29) is 5.91 Å². The molecule has 24 heavy (non-hydrogen) atoms. The summed E-state index contributed by atoms with van der Waals surface area (Å²) in [4.78, 5) is 18.5. The third-order valence-electron chi connectivity index (χ3n) is 4.54. The average molecular weight is 329 g/mol. The molecule has 2 heterocycles. The van der Waals surface area contributed by atoms with Crippen LogP contribution in [-0.4, -0.2) is 52.8 Å². The number of methoxy groups -OCH3 is 1. The molecule has 1 aromatic heterocycles. The lowest BCUT2D eigenvalue weighted by Crippen LogP contribution is -2.42. The standard InChI is InChI=1S/C18H23N3O3/c1-14-5-4-6-15(11-14)24-13-18(23-3)7-9-21(12-18)17(22)16-19-8-10-20(16)2/h4-6,8,10-11H,7,9,12-13H2,1-3H3. The maximum absolute atomic E-state index is 12.6. The van der Waals surface area contributed by atoms with Gasteiger partial charge in [0.25, 0.3) is 5.91 Å². The number of imidazole rings is 1. The van der Waals surface area contributed by atoms with Gasteiger partial charge in [0, 0.05) is 33.1 Å². The molecule has 0 spiro atoms. The van der Waals surface area contributed by atoms with E-state index >= 15 is 0 Å². The van der Waals surface area contributed by atoms with Gasteiger partial charge < -0.3 is 18.9 Å². The Balaban J connectivity index is 1.66. The van der Waals surface area contributed by atoms with Crippen molar-refractivity contribution >= 4 is 5.91 Å². The van der Waals surface area contributed by atoms with E-state index in [4.69, 9.17) is 9.47 Å². The van der Waals surface area contributed by atoms with E-state index in [2.05, 4.69) is 4.98 Å². The molecule has 1 atom stereocenters. The Morgan fingerprint density at radius 1 is 1.42 bits per heavy atom. The first-order valence-corrected chi connectivity index (χ1v) is 8.04. The molecule has 0 aliphatic carbocycles. The van der Waals surface area contributed by atoms with Crippen molar-refractivity contribution in [2.45, 2.75) is 18.9 Å². The molecule has 1 unspecified atom stereocenters. The second-order valence-corrected chi connectivity index (χ2v) is 6.33. The Morgan fingerprint density at radius 2 is 2.25 bits per heavy atom. The van der Waals surface area contributed by atoms with Crippen LogP contribution in [0.1, 0.15) is 22.6 Å². The molecule has 0 radical (unpaired) electrons. The number of hydrogen-bond donors (Lipinski definition) is 0. The van der Waals surface area contributed by atoms with Gasteiger partial charge in [-0.2, -0.15) is 0 Å². The van der Waals surface area contributed by atoms with Crippen LogP contribution in [0.15, 0.2) is 36.7 Å². The van der Waals surface area contributed by atoms with Crippen molar-refractivity contribution in [3.05, 3.63) is 48.0 Å². The van der Waals surface area contributed by atoms with Crippen LogP contribution in [0.5, 0.6) is 5.75 Å². The molecular weight excluding hydrogens is 306 g/mol. The number of likely N-dealkylation sites (tertiary alicyclic amines) is 1. The Labute approximate surface area is 142 Å². The minimum absolute atomic E-state index is 0.0722. The second kappa shape index (κ2) is 6.65. The fourth-order valence-electron chi connectivity index (χ4n) is 2.99. The predicted molar refractivity (Wildman–Crippen MR) is 90.1 cm³/mol. The smallest absolute Gasteiger partial charge is 0.289 e. The number of rotatable bonds is 5. The van der Waals surface area contributed by atoms with Gasteiger partial charge in [-0.25, -0.2) is 4.98 Å². The van der Waals surface area contributed by atoms with Crippen LogP contribution in [0.2, 0.25) is 0 Å². The molecule has 3 rings (SSSR count). The lowest BCUT2D eigenvalue weighted by molar-refractivity contribution is -0.0343. The van der Waals surface area contributed by atoms with E-state index in [1.165, 1.54) is 0 Å². The Morgan fingerprint density at radius 3 is 2.92 bits per heavy atom. The highest BCUT2D eigenvalue weighted by Gasteiger charge is 2.42. The average Bonchev–Trinajstić information content (AvgIpc) is 3.20. The number of benzene rings is 1. The van der Waals surface area contributed by atoms with E-state index in [0.717, 1.165) is 17.7 Å². The number of carbonyl (C=O) groups excluding carboxylic acids is 1. The molecule has 6 nitrogen and oxygen atoms in total. The van der Waals surface area contributed by atoms with Crippen molar-refractivity contribution in [2.75, 3.05) is 26.8 Å². The monoisotopic (exact) mass is 329 g/mol. The van der Waals surface area contributed by atoms with Gasteiger partial charge in [0.2, 0.25) is 0 Å². The normalized spacial score (nSPS) is 20.4. The lowest BCUT2D eigenvalue weighted by atomic mass is 10.0. The van der Waals surface area contributed by atoms with E-state index < -0.39 is 5.60 Å². The van der Waals surface area contributed by atoms with Crippen LogP contribution in [0.4, 0.5) is 0 Å². The highest BCUT2D eigenvalue weighted by atomic mass is 16.5. The maximum Gasteiger partial charge on any atom is 0.289 e. The first-order chi connectivity index (χ1) is 11.5. The van der Waals surface area contributed by atoms with E-state index in [9.17, 15) is 4.79 Å².